The van der Waals surface area contributed by atoms with Gasteiger partial charge in [0.2, 0.25) is 0 Å². The van der Waals surface area contributed by atoms with Crippen molar-refractivity contribution in [1.82, 2.24) is 19.4 Å². The normalized spacial score (nSPS) is 14.5. The number of likely N-dealkylation sites (N-methyl/N-ethyl adjacent to an activating group) is 1. The first-order valence-electron chi connectivity index (χ1n) is 12.0. The molecule has 5 rings (SSSR count). The Kier molecular flexibility index (Phi) is 7.09. The molecular formula is C28H28Cl2N4O. The highest BCUT2D eigenvalue weighted by molar-refractivity contribution is 6.42. The number of carbonyl (C=O) groups is 1. The van der Waals surface area contributed by atoms with E-state index in [4.69, 9.17) is 28.2 Å². The van der Waals surface area contributed by atoms with Crippen LogP contribution in [0.1, 0.15) is 34.2 Å². The molecule has 0 spiro atoms. The first kappa shape index (κ1) is 23.9. The largest absolute Gasteiger partial charge is 0.336 e. The molecule has 1 aromatic heterocycles. The van der Waals surface area contributed by atoms with Gasteiger partial charge in [-0.15, -0.1) is 0 Å². The second-order valence-electron chi connectivity index (χ2n) is 8.95. The second kappa shape index (κ2) is 10.4. The standard InChI is InChI=1S/C28H28Cl2N4O/c1-2-32-12-14-33(15-13-32)28(35)22-10-8-21(9-11-22)19-34-26-18-24(30)23(29)17-25(26)31-27(34)16-20-6-4-3-5-7-20/h3-11,17-18H,2,12-16,19H2,1H3. The third-order valence-electron chi connectivity index (χ3n) is 6.72. The molecule has 1 aliphatic rings. The van der Waals surface area contributed by atoms with Gasteiger partial charge in [0.05, 0.1) is 21.1 Å². The number of rotatable bonds is 6. The van der Waals surface area contributed by atoms with Crippen LogP contribution in [0.3, 0.4) is 0 Å². The number of nitrogens with zero attached hydrogens (tertiary/aromatic N) is 4. The number of piperazine rings is 1. The van der Waals surface area contributed by atoms with E-state index in [2.05, 4.69) is 28.5 Å². The van der Waals surface area contributed by atoms with Gasteiger partial charge in [-0.3, -0.25) is 4.79 Å². The first-order valence-corrected chi connectivity index (χ1v) is 12.8. The molecule has 0 atom stereocenters. The first-order chi connectivity index (χ1) is 17.0. The van der Waals surface area contributed by atoms with E-state index in [1.807, 2.05) is 59.5 Å². The average Bonchev–Trinajstić information content (AvgIpc) is 3.20. The Morgan fingerprint density at radius 1 is 0.886 bits per heavy atom. The number of benzene rings is 3. The van der Waals surface area contributed by atoms with Crippen molar-refractivity contribution in [2.45, 2.75) is 19.9 Å². The van der Waals surface area contributed by atoms with E-state index in [0.717, 1.165) is 60.7 Å². The van der Waals surface area contributed by atoms with Crippen molar-refractivity contribution in [3.63, 3.8) is 0 Å². The maximum Gasteiger partial charge on any atom is 0.253 e. The van der Waals surface area contributed by atoms with Crippen LogP contribution in [0.2, 0.25) is 10.0 Å². The van der Waals surface area contributed by atoms with Gasteiger partial charge in [0.15, 0.2) is 0 Å². The van der Waals surface area contributed by atoms with Crippen LogP contribution in [0.5, 0.6) is 0 Å². The lowest BCUT2D eigenvalue weighted by atomic mass is 10.1. The highest BCUT2D eigenvalue weighted by atomic mass is 35.5. The van der Waals surface area contributed by atoms with Gasteiger partial charge in [-0.1, -0.05) is 72.6 Å². The zero-order chi connectivity index (χ0) is 24.4. The van der Waals surface area contributed by atoms with Gasteiger partial charge < -0.3 is 14.4 Å². The van der Waals surface area contributed by atoms with Crippen molar-refractivity contribution in [2.75, 3.05) is 32.7 Å². The lowest BCUT2D eigenvalue weighted by molar-refractivity contribution is 0.0643. The number of imidazole rings is 1. The number of amides is 1. The van der Waals surface area contributed by atoms with Crippen LogP contribution in [-0.4, -0.2) is 58.0 Å². The molecule has 3 aromatic carbocycles. The third-order valence-corrected chi connectivity index (χ3v) is 7.44. The zero-order valence-corrected chi connectivity index (χ0v) is 21.3. The number of carbonyl (C=O) groups excluding carboxylic acids is 1. The molecule has 0 radical (unpaired) electrons. The summed E-state index contributed by atoms with van der Waals surface area (Å²) in [5.41, 5.74) is 4.78. The molecule has 0 N–H and O–H groups in total. The van der Waals surface area contributed by atoms with E-state index in [1.165, 1.54) is 5.56 Å². The molecular weight excluding hydrogens is 479 g/mol. The van der Waals surface area contributed by atoms with Gasteiger partial charge in [-0.25, -0.2) is 4.98 Å². The van der Waals surface area contributed by atoms with Crippen molar-refractivity contribution in [3.05, 3.63) is 99.3 Å². The van der Waals surface area contributed by atoms with E-state index in [9.17, 15) is 4.79 Å². The van der Waals surface area contributed by atoms with Gasteiger partial charge in [0.25, 0.3) is 5.91 Å². The summed E-state index contributed by atoms with van der Waals surface area (Å²) in [6.07, 6.45) is 0.699. The van der Waals surface area contributed by atoms with E-state index in [1.54, 1.807) is 0 Å². The minimum atomic E-state index is 0.103. The lowest BCUT2D eigenvalue weighted by Gasteiger charge is -2.34. The molecule has 0 saturated carbocycles. The van der Waals surface area contributed by atoms with E-state index < -0.39 is 0 Å². The van der Waals surface area contributed by atoms with Gasteiger partial charge >= 0.3 is 0 Å². The summed E-state index contributed by atoms with van der Waals surface area (Å²) < 4.78 is 2.19. The van der Waals surface area contributed by atoms with Gasteiger partial charge in [-0.2, -0.15) is 0 Å². The van der Waals surface area contributed by atoms with Crippen LogP contribution in [0, 0.1) is 0 Å². The quantitative estimate of drug-likeness (QED) is 0.333. The van der Waals surface area contributed by atoms with Crippen molar-refractivity contribution in [3.8, 4) is 0 Å². The maximum atomic E-state index is 13.0. The molecule has 5 nitrogen and oxygen atoms in total. The Morgan fingerprint density at radius 3 is 2.26 bits per heavy atom. The molecule has 1 aliphatic heterocycles. The summed E-state index contributed by atoms with van der Waals surface area (Å²) in [7, 11) is 0. The molecule has 1 fully saturated rings. The summed E-state index contributed by atoms with van der Waals surface area (Å²) >= 11 is 12.6. The van der Waals surface area contributed by atoms with E-state index >= 15 is 0 Å². The van der Waals surface area contributed by atoms with Crippen molar-refractivity contribution in [1.29, 1.82) is 0 Å². The summed E-state index contributed by atoms with van der Waals surface area (Å²) in [6.45, 7) is 7.25. The highest BCUT2D eigenvalue weighted by Gasteiger charge is 2.21. The van der Waals surface area contributed by atoms with Gasteiger partial charge in [0, 0.05) is 44.7 Å². The molecule has 0 unspecified atom stereocenters. The molecule has 1 saturated heterocycles. The Balaban J connectivity index is 1.40. The molecule has 35 heavy (non-hydrogen) atoms. The number of fused-ring (bicyclic) bond motifs is 1. The van der Waals surface area contributed by atoms with Crippen LogP contribution in [-0.2, 0) is 13.0 Å². The summed E-state index contributed by atoms with van der Waals surface area (Å²) in [5.74, 6) is 1.05. The number of hydrogen-bond acceptors (Lipinski definition) is 3. The van der Waals surface area contributed by atoms with Crippen LogP contribution < -0.4 is 0 Å². The van der Waals surface area contributed by atoms with Crippen LogP contribution in [0.15, 0.2) is 66.7 Å². The summed E-state index contributed by atoms with van der Waals surface area (Å²) in [4.78, 5) is 22.2. The van der Waals surface area contributed by atoms with Crippen LogP contribution >= 0.6 is 23.2 Å². The zero-order valence-electron chi connectivity index (χ0n) is 19.8. The minimum Gasteiger partial charge on any atom is -0.336 e. The Labute approximate surface area is 215 Å². The molecule has 4 aromatic rings. The predicted molar refractivity (Wildman–Crippen MR) is 143 cm³/mol. The van der Waals surface area contributed by atoms with E-state index in [0.29, 0.717) is 23.0 Å². The molecule has 180 valence electrons. The number of hydrogen-bond donors (Lipinski definition) is 0. The minimum absolute atomic E-state index is 0.103. The average molecular weight is 507 g/mol. The van der Waals surface area contributed by atoms with Crippen molar-refractivity contribution < 1.29 is 4.79 Å². The monoisotopic (exact) mass is 506 g/mol. The summed E-state index contributed by atoms with van der Waals surface area (Å²) in [5, 5.41) is 1.01. The summed E-state index contributed by atoms with van der Waals surface area (Å²) in [6, 6.07) is 21.9. The lowest BCUT2D eigenvalue weighted by Crippen LogP contribution is -2.48. The predicted octanol–water partition coefficient (Wildman–Crippen LogP) is 5.76. The fraction of sp³-hybridized carbons (Fsp3) is 0.286. The molecule has 1 amide bonds. The van der Waals surface area contributed by atoms with Crippen LogP contribution in [0.25, 0.3) is 11.0 Å². The Morgan fingerprint density at radius 2 is 1.57 bits per heavy atom. The SMILES string of the molecule is CCN1CCN(C(=O)c2ccc(Cn3c(Cc4ccccc4)nc4cc(Cl)c(Cl)cc43)cc2)CC1. The fourth-order valence-corrected chi connectivity index (χ4v) is 4.96. The Bertz CT molecular complexity index is 1330. The third kappa shape index (κ3) is 5.22. The van der Waals surface area contributed by atoms with Crippen LogP contribution in [0.4, 0.5) is 0 Å². The highest BCUT2D eigenvalue weighted by Crippen LogP contribution is 2.29. The Hall–Kier alpha value is -2.86. The topological polar surface area (TPSA) is 41.4 Å². The molecule has 7 heteroatoms. The second-order valence-corrected chi connectivity index (χ2v) is 9.77. The molecule has 2 heterocycles. The van der Waals surface area contributed by atoms with Crippen molar-refractivity contribution >= 4 is 40.1 Å². The van der Waals surface area contributed by atoms with E-state index in [-0.39, 0.29) is 5.91 Å². The molecule has 0 bridgehead atoms. The number of halogens is 2. The van der Waals surface area contributed by atoms with Gasteiger partial charge in [-0.05, 0) is 41.9 Å². The number of aromatic nitrogens is 2. The van der Waals surface area contributed by atoms with Crippen molar-refractivity contribution in [2.24, 2.45) is 0 Å². The van der Waals surface area contributed by atoms with Gasteiger partial charge in [0.1, 0.15) is 5.82 Å². The smallest absolute Gasteiger partial charge is 0.253 e. The molecule has 0 aliphatic carbocycles. The fourth-order valence-electron chi connectivity index (χ4n) is 4.64. The maximum absolute atomic E-state index is 13.0.